The summed E-state index contributed by atoms with van der Waals surface area (Å²) in [5, 5.41) is 0.661. The number of hydrogen-bond donors (Lipinski definition) is 0. The fraction of sp³-hybridized carbons (Fsp3) is 0.565. The van der Waals surface area contributed by atoms with Gasteiger partial charge in [-0.1, -0.05) is 42.1 Å². The molecule has 0 aliphatic carbocycles. The van der Waals surface area contributed by atoms with Crippen molar-refractivity contribution in [1.29, 1.82) is 0 Å². The Bertz CT molecular complexity index is 824. The first-order valence-electron chi connectivity index (χ1n) is 10.8. The molecule has 0 spiro atoms. The van der Waals surface area contributed by atoms with Crippen LogP contribution >= 0.6 is 11.8 Å². The first-order chi connectivity index (χ1) is 14.1. The number of imidazole rings is 1. The van der Waals surface area contributed by atoms with E-state index in [0.717, 1.165) is 68.3 Å². The second kappa shape index (κ2) is 9.35. The minimum atomic E-state index is -0.265. The first-order valence-corrected chi connectivity index (χ1v) is 11.7. The molecule has 0 N–H and O–H groups in total. The maximum atomic E-state index is 13.5. The number of thioether (sulfide) groups is 1. The number of piperidine rings is 1. The van der Waals surface area contributed by atoms with Gasteiger partial charge in [-0.25, -0.2) is 4.98 Å². The van der Waals surface area contributed by atoms with Crippen molar-refractivity contribution in [3.05, 3.63) is 47.3 Å². The maximum Gasteiger partial charge on any atom is 0.240 e. The fourth-order valence-corrected chi connectivity index (χ4v) is 5.48. The molecule has 0 unspecified atom stereocenters. The molecule has 1 amide bonds. The highest BCUT2D eigenvalue weighted by molar-refractivity contribution is 8.00. The molecule has 0 radical (unpaired) electrons. The summed E-state index contributed by atoms with van der Waals surface area (Å²) in [7, 11) is 0. The van der Waals surface area contributed by atoms with Crippen LogP contribution in [0.15, 0.2) is 35.5 Å². The average molecular weight is 414 g/mol. The van der Waals surface area contributed by atoms with Gasteiger partial charge in [0, 0.05) is 25.4 Å². The Morgan fingerprint density at radius 2 is 1.93 bits per heavy atom. The number of aryl methyl sites for hydroxylation is 1. The second-order valence-corrected chi connectivity index (χ2v) is 9.18. The van der Waals surface area contributed by atoms with E-state index in [1.807, 2.05) is 23.1 Å². The molecule has 4 rings (SSSR count). The number of hydrogen-bond acceptors (Lipinski definition) is 4. The van der Waals surface area contributed by atoms with E-state index in [0.29, 0.717) is 0 Å². The zero-order valence-corrected chi connectivity index (χ0v) is 18.3. The van der Waals surface area contributed by atoms with Gasteiger partial charge in [-0.3, -0.25) is 4.79 Å². The van der Waals surface area contributed by atoms with Crippen LogP contribution in [0, 0.1) is 13.8 Å². The van der Waals surface area contributed by atoms with Crippen molar-refractivity contribution in [2.45, 2.75) is 69.0 Å². The Labute approximate surface area is 177 Å². The van der Waals surface area contributed by atoms with Gasteiger partial charge >= 0.3 is 0 Å². The minimum absolute atomic E-state index is 0.211. The van der Waals surface area contributed by atoms with E-state index in [4.69, 9.17) is 9.72 Å². The molecule has 2 aliphatic rings. The molecule has 2 atom stereocenters. The van der Waals surface area contributed by atoms with Crippen LogP contribution in [0.25, 0.3) is 0 Å². The van der Waals surface area contributed by atoms with E-state index in [1.165, 1.54) is 12.1 Å². The fourth-order valence-electron chi connectivity index (χ4n) is 4.19. The van der Waals surface area contributed by atoms with Crippen molar-refractivity contribution >= 4 is 17.7 Å². The van der Waals surface area contributed by atoms with Gasteiger partial charge in [0.25, 0.3) is 0 Å². The third kappa shape index (κ3) is 4.69. The lowest BCUT2D eigenvalue weighted by Gasteiger charge is -2.30. The highest BCUT2D eigenvalue weighted by atomic mass is 32.2. The van der Waals surface area contributed by atoms with E-state index in [9.17, 15) is 4.79 Å². The number of nitrogens with zero attached hydrogens (tertiary/aromatic N) is 3. The van der Waals surface area contributed by atoms with Crippen molar-refractivity contribution in [2.75, 3.05) is 19.7 Å². The van der Waals surface area contributed by atoms with Gasteiger partial charge in [-0.15, -0.1) is 0 Å². The molecule has 2 aromatic rings. The van der Waals surface area contributed by atoms with E-state index < -0.39 is 0 Å². The zero-order chi connectivity index (χ0) is 20.2. The summed E-state index contributed by atoms with van der Waals surface area (Å²) in [4.78, 5) is 20.4. The van der Waals surface area contributed by atoms with Crippen molar-refractivity contribution in [1.82, 2.24) is 14.5 Å². The molecule has 0 saturated carbocycles. The van der Waals surface area contributed by atoms with Crippen molar-refractivity contribution < 1.29 is 9.53 Å². The number of rotatable bonds is 6. The summed E-state index contributed by atoms with van der Waals surface area (Å²) in [6.07, 6.45) is 5.88. The van der Waals surface area contributed by atoms with E-state index in [1.54, 1.807) is 11.8 Å². The predicted octanol–water partition coefficient (Wildman–Crippen LogP) is 4.52. The van der Waals surface area contributed by atoms with Gasteiger partial charge in [0.15, 0.2) is 5.16 Å². The normalized spacial score (nSPS) is 20.8. The molecule has 5 nitrogen and oxygen atoms in total. The van der Waals surface area contributed by atoms with Gasteiger partial charge in [0.05, 0.1) is 18.3 Å². The number of amides is 1. The van der Waals surface area contributed by atoms with E-state index in [2.05, 4.69) is 30.5 Å². The van der Waals surface area contributed by atoms with Crippen LogP contribution in [0.2, 0.25) is 0 Å². The Morgan fingerprint density at radius 1 is 1.17 bits per heavy atom. The highest BCUT2D eigenvalue weighted by Crippen LogP contribution is 2.38. The monoisotopic (exact) mass is 413 g/mol. The molecular formula is C23H31N3O2S. The van der Waals surface area contributed by atoms with Crippen LogP contribution in [-0.4, -0.2) is 46.2 Å². The Morgan fingerprint density at radius 3 is 2.62 bits per heavy atom. The van der Waals surface area contributed by atoms with Crippen LogP contribution in [0.4, 0.5) is 0 Å². The van der Waals surface area contributed by atoms with Gasteiger partial charge in [-0.2, -0.15) is 0 Å². The van der Waals surface area contributed by atoms with Gasteiger partial charge in [0.2, 0.25) is 5.91 Å². The third-order valence-corrected chi connectivity index (χ3v) is 7.28. The molecule has 6 heteroatoms. The van der Waals surface area contributed by atoms with Crippen molar-refractivity contribution in [3.8, 4) is 0 Å². The highest BCUT2D eigenvalue weighted by Gasteiger charge is 2.30. The van der Waals surface area contributed by atoms with Crippen molar-refractivity contribution in [3.63, 3.8) is 0 Å². The lowest BCUT2D eigenvalue weighted by Crippen LogP contribution is -2.38. The number of likely N-dealkylation sites (tertiary alicyclic amines) is 1. The molecule has 0 bridgehead atoms. The molecule has 2 aliphatic heterocycles. The molecule has 29 heavy (non-hydrogen) atoms. The first kappa shape index (κ1) is 20.5. The molecule has 3 heterocycles. The lowest BCUT2D eigenvalue weighted by atomic mass is 10.1. The average Bonchev–Trinajstić information content (AvgIpc) is 3.37. The third-order valence-electron chi connectivity index (χ3n) is 6.05. The lowest BCUT2D eigenvalue weighted by molar-refractivity contribution is -0.131. The molecule has 1 aromatic carbocycles. The smallest absolute Gasteiger partial charge is 0.240 e. The summed E-state index contributed by atoms with van der Waals surface area (Å²) >= 11 is 1.59. The molecule has 156 valence electrons. The summed E-state index contributed by atoms with van der Waals surface area (Å²) in [5.41, 5.74) is 3.25. The largest absolute Gasteiger partial charge is 0.376 e. The minimum Gasteiger partial charge on any atom is -0.376 e. The predicted molar refractivity (Wildman–Crippen MR) is 116 cm³/mol. The summed E-state index contributed by atoms with van der Waals surface area (Å²) < 4.78 is 8.13. The Hall–Kier alpha value is -1.79. The van der Waals surface area contributed by atoms with Crippen LogP contribution in [0.3, 0.4) is 0 Å². The number of carbonyl (C=O) groups is 1. The van der Waals surface area contributed by atoms with Crippen LogP contribution in [-0.2, 0) is 16.1 Å². The summed E-state index contributed by atoms with van der Waals surface area (Å²) in [5.74, 6) is 0.211. The number of aromatic nitrogens is 2. The maximum absolute atomic E-state index is 13.5. The van der Waals surface area contributed by atoms with Crippen molar-refractivity contribution in [2.24, 2.45) is 0 Å². The second-order valence-electron chi connectivity index (χ2n) is 8.11. The van der Waals surface area contributed by atoms with E-state index in [-0.39, 0.29) is 17.3 Å². The number of ether oxygens (including phenoxy) is 1. The summed E-state index contributed by atoms with van der Waals surface area (Å²) in [6, 6.07) is 10.2. The number of benzene rings is 1. The Balaban J connectivity index is 1.62. The van der Waals surface area contributed by atoms with Crippen LogP contribution < -0.4 is 0 Å². The zero-order valence-electron chi connectivity index (χ0n) is 17.5. The molecule has 2 saturated heterocycles. The van der Waals surface area contributed by atoms with E-state index >= 15 is 0 Å². The van der Waals surface area contributed by atoms with Gasteiger partial charge in [0.1, 0.15) is 5.25 Å². The van der Waals surface area contributed by atoms with Gasteiger partial charge in [-0.05, 0) is 51.5 Å². The Kier molecular flexibility index (Phi) is 6.60. The molecular weight excluding hydrogens is 382 g/mol. The van der Waals surface area contributed by atoms with Crippen LogP contribution in [0.1, 0.15) is 54.3 Å². The molecule has 2 fully saturated rings. The standard InChI is InChI=1S/C23H31N3O2S/c1-17-18(2)26(16-20-12-9-15-28-20)23(24-17)29-21(19-10-5-3-6-11-19)22(27)25-13-7-4-8-14-25/h3,5-6,10-11,20-21H,4,7-9,12-16H2,1-2H3/t20-,21-/m0/s1. The molecule has 1 aromatic heterocycles. The SMILES string of the molecule is Cc1nc(S[C@H](C(=O)N2CCCCC2)c2ccccc2)n(C[C@@H]2CCCO2)c1C. The summed E-state index contributed by atoms with van der Waals surface area (Å²) in [6.45, 7) is 7.56. The van der Waals surface area contributed by atoms with Gasteiger partial charge < -0.3 is 14.2 Å². The topological polar surface area (TPSA) is 47.4 Å². The number of carbonyl (C=O) groups excluding carboxylic acids is 1. The van der Waals surface area contributed by atoms with Crippen LogP contribution in [0.5, 0.6) is 0 Å². The quantitative estimate of drug-likeness (QED) is 0.653.